The topological polar surface area (TPSA) is 142 Å². The largest absolute Gasteiger partial charge is 0.478 e. The van der Waals surface area contributed by atoms with Crippen molar-refractivity contribution in [3.05, 3.63) is 83.4 Å². The van der Waals surface area contributed by atoms with Crippen molar-refractivity contribution < 1.29 is 38.9 Å². The molecule has 0 aliphatic carbocycles. The second-order valence-corrected chi connectivity index (χ2v) is 11.8. The molecule has 0 aromatic heterocycles. The summed E-state index contributed by atoms with van der Waals surface area (Å²) in [5.74, 6) is -2.88. The summed E-state index contributed by atoms with van der Waals surface area (Å²) in [5, 5.41) is 22.6. The lowest BCUT2D eigenvalue weighted by Crippen LogP contribution is -2.47. The van der Waals surface area contributed by atoms with E-state index >= 15 is 0 Å². The van der Waals surface area contributed by atoms with Crippen LogP contribution in [0.25, 0.3) is 22.3 Å². The van der Waals surface area contributed by atoms with Gasteiger partial charge < -0.3 is 25.0 Å². The first-order chi connectivity index (χ1) is 21.6. The van der Waals surface area contributed by atoms with Gasteiger partial charge in [0.2, 0.25) is 0 Å². The minimum Gasteiger partial charge on any atom is -0.478 e. The van der Waals surface area contributed by atoms with Gasteiger partial charge in [-0.15, -0.1) is 0 Å². The number of benzene rings is 3. The molecule has 10 nitrogen and oxygen atoms in total. The number of hydrogen-bond acceptors (Lipinski definition) is 7. The number of hydrogen-bond donors (Lipinski definition) is 3. The number of fused-ring (bicyclic) bond motifs is 1. The first-order valence-electron chi connectivity index (χ1n) is 15.3. The Hall–Kier alpha value is -4.70. The minimum atomic E-state index is -1.14. The van der Waals surface area contributed by atoms with Crippen molar-refractivity contribution in [1.82, 2.24) is 10.2 Å². The van der Waals surface area contributed by atoms with Crippen LogP contribution >= 0.6 is 0 Å². The lowest BCUT2D eigenvalue weighted by molar-refractivity contribution is -0.149. The van der Waals surface area contributed by atoms with Gasteiger partial charge in [0.25, 0.3) is 0 Å². The number of carbonyl (C=O) groups excluding carboxylic acids is 2. The Morgan fingerprint density at radius 2 is 1.47 bits per heavy atom. The Bertz CT molecular complexity index is 1590. The van der Waals surface area contributed by atoms with Crippen LogP contribution in [0.3, 0.4) is 0 Å². The summed E-state index contributed by atoms with van der Waals surface area (Å²) in [6.45, 7) is 5.31. The number of carboxylic acid groups (broad SMARTS) is 2. The number of carbonyl (C=O) groups is 4. The zero-order valence-electron chi connectivity index (χ0n) is 25.4. The van der Waals surface area contributed by atoms with Crippen LogP contribution in [-0.2, 0) is 20.7 Å². The fraction of sp³-hybridized carbons (Fsp3) is 0.371. The summed E-state index contributed by atoms with van der Waals surface area (Å²) < 4.78 is 11.3. The molecule has 2 heterocycles. The van der Waals surface area contributed by atoms with Crippen molar-refractivity contribution in [2.75, 3.05) is 13.1 Å². The monoisotopic (exact) mass is 614 g/mol. The normalized spacial score (nSPS) is 18.6. The lowest BCUT2D eigenvalue weighted by Gasteiger charge is -2.32. The molecule has 45 heavy (non-hydrogen) atoms. The average Bonchev–Trinajstić information content (AvgIpc) is 3.42. The summed E-state index contributed by atoms with van der Waals surface area (Å²) >= 11 is 0. The third-order valence-electron chi connectivity index (χ3n) is 8.40. The van der Waals surface area contributed by atoms with Crippen molar-refractivity contribution in [2.45, 2.75) is 70.2 Å². The number of esters is 1. The first-order valence-corrected chi connectivity index (χ1v) is 15.3. The number of amides is 1. The van der Waals surface area contributed by atoms with Crippen LogP contribution in [-0.4, -0.2) is 76.5 Å². The molecule has 0 bridgehead atoms. The van der Waals surface area contributed by atoms with Crippen LogP contribution in [0.2, 0.25) is 0 Å². The van der Waals surface area contributed by atoms with Crippen LogP contribution in [0.1, 0.15) is 65.8 Å². The second kappa shape index (κ2) is 13.9. The molecule has 1 amide bonds. The Labute approximate surface area is 262 Å². The molecule has 3 N–H and O–H groups in total. The fourth-order valence-electron chi connectivity index (χ4n) is 6.38. The molecule has 5 rings (SSSR count). The second-order valence-electron chi connectivity index (χ2n) is 11.8. The summed E-state index contributed by atoms with van der Waals surface area (Å²) in [4.78, 5) is 53.0. The van der Waals surface area contributed by atoms with E-state index < -0.39 is 36.1 Å². The first kappa shape index (κ1) is 31.7. The van der Waals surface area contributed by atoms with Crippen molar-refractivity contribution >= 4 is 24.0 Å². The van der Waals surface area contributed by atoms with Gasteiger partial charge in [-0.05, 0) is 79.6 Å². The molecule has 236 valence electrons. The van der Waals surface area contributed by atoms with Gasteiger partial charge in [-0.3, -0.25) is 4.90 Å². The van der Waals surface area contributed by atoms with Gasteiger partial charge in [0.15, 0.2) is 0 Å². The maximum atomic E-state index is 13.2. The van der Waals surface area contributed by atoms with Gasteiger partial charge >= 0.3 is 24.0 Å². The third kappa shape index (κ3) is 7.34. The van der Waals surface area contributed by atoms with E-state index in [4.69, 9.17) is 9.47 Å². The van der Waals surface area contributed by atoms with Gasteiger partial charge in [0, 0.05) is 19.0 Å². The van der Waals surface area contributed by atoms with E-state index in [0.717, 1.165) is 38.8 Å². The van der Waals surface area contributed by atoms with E-state index in [1.165, 1.54) is 12.1 Å². The molecular weight excluding hydrogens is 576 g/mol. The highest BCUT2D eigenvalue weighted by molar-refractivity contribution is 6.02. The molecule has 3 atom stereocenters. The lowest BCUT2D eigenvalue weighted by atomic mass is 9.87. The smallest absolute Gasteiger partial charge is 0.408 e. The Kier molecular flexibility index (Phi) is 9.83. The zero-order chi connectivity index (χ0) is 32.1. The molecule has 0 saturated carbocycles. The molecule has 2 fully saturated rings. The maximum Gasteiger partial charge on any atom is 0.408 e. The number of rotatable bonds is 10. The highest BCUT2D eigenvalue weighted by Gasteiger charge is 2.38. The molecule has 3 aromatic rings. The van der Waals surface area contributed by atoms with E-state index in [1.54, 1.807) is 68.4 Å². The van der Waals surface area contributed by atoms with Crippen molar-refractivity contribution in [2.24, 2.45) is 0 Å². The number of aromatic carboxylic acids is 2. The van der Waals surface area contributed by atoms with E-state index in [9.17, 15) is 29.4 Å². The molecule has 2 unspecified atom stereocenters. The summed E-state index contributed by atoms with van der Waals surface area (Å²) in [5.41, 5.74) is 2.48. The van der Waals surface area contributed by atoms with Gasteiger partial charge in [0.1, 0.15) is 12.1 Å². The summed E-state index contributed by atoms with van der Waals surface area (Å²) in [6, 6.07) is 17.2. The van der Waals surface area contributed by atoms with Gasteiger partial charge in [-0.1, -0.05) is 61.0 Å². The molecule has 2 saturated heterocycles. The van der Waals surface area contributed by atoms with Crippen LogP contribution in [0.15, 0.2) is 66.7 Å². The Balaban J connectivity index is 1.48. The number of alkyl carbamates (subject to hydrolysis) is 1. The number of piperidine rings is 1. The van der Waals surface area contributed by atoms with E-state index in [0.29, 0.717) is 27.8 Å². The number of carboxylic acids is 2. The van der Waals surface area contributed by atoms with Crippen LogP contribution in [0.5, 0.6) is 0 Å². The molecular formula is C35H38N2O8. The van der Waals surface area contributed by atoms with Crippen molar-refractivity contribution in [3.8, 4) is 22.3 Å². The molecule has 3 aromatic carbocycles. The summed E-state index contributed by atoms with van der Waals surface area (Å²) in [7, 11) is 0. The maximum absolute atomic E-state index is 13.2. The predicted molar refractivity (Wildman–Crippen MR) is 167 cm³/mol. The van der Waals surface area contributed by atoms with Crippen LogP contribution in [0, 0.1) is 0 Å². The zero-order valence-corrected chi connectivity index (χ0v) is 25.4. The highest BCUT2D eigenvalue weighted by atomic mass is 16.6. The van der Waals surface area contributed by atoms with E-state index in [2.05, 4.69) is 10.2 Å². The van der Waals surface area contributed by atoms with Crippen LogP contribution in [0.4, 0.5) is 4.79 Å². The predicted octanol–water partition coefficient (Wildman–Crippen LogP) is 5.63. The summed E-state index contributed by atoms with van der Waals surface area (Å²) in [6.07, 6.45) is 2.60. The molecule has 2 aliphatic heterocycles. The number of nitrogens with one attached hydrogen (secondary N) is 1. The molecule has 10 heteroatoms. The van der Waals surface area contributed by atoms with E-state index in [-0.39, 0.29) is 29.7 Å². The Morgan fingerprint density at radius 1 is 0.822 bits per heavy atom. The van der Waals surface area contributed by atoms with Gasteiger partial charge in [0.05, 0.1) is 17.2 Å². The molecule has 2 aliphatic rings. The fourth-order valence-corrected chi connectivity index (χ4v) is 6.38. The molecule has 0 spiro atoms. The number of ether oxygens (including phenoxy) is 2. The average molecular weight is 615 g/mol. The highest BCUT2D eigenvalue weighted by Crippen LogP contribution is 2.37. The van der Waals surface area contributed by atoms with E-state index in [1.807, 2.05) is 0 Å². The standard InChI is InChI=1S/C35H38N2O8/c1-21(2)44-34(42)29(36-35(43)45-31-16-18-37-17-8-7-13-30(31)37)20-22-14-15-25(23-9-3-5-11-26(23)32(38)39)28(19-22)24-10-4-6-12-27(24)33(40)41/h3-6,9-12,14-15,19,21,29-31H,7-8,13,16-18,20H2,1-2H3,(H,36,43)(H,38,39)(H,40,41)/t29-,30?,31?/m0/s1. The third-order valence-corrected chi connectivity index (χ3v) is 8.40. The van der Waals surface area contributed by atoms with Crippen LogP contribution < -0.4 is 5.32 Å². The number of nitrogens with zero attached hydrogens (tertiary/aromatic N) is 1. The van der Waals surface area contributed by atoms with Gasteiger partial charge in [-0.2, -0.15) is 0 Å². The Morgan fingerprint density at radius 3 is 2.11 bits per heavy atom. The van der Waals surface area contributed by atoms with Crippen molar-refractivity contribution in [3.63, 3.8) is 0 Å². The molecule has 0 radical (unpaired) electrons. The van der Waals surface area contributed by atoms with Crippen molar-refractivity contribution in [1.29, 1.82) is 0 Å². The SMILES string of the molecule is CC(C)OC(=O)[C@H](Cc1ccc(-c2ccccc2C(=O)O)c(-c2ccccc2C(=O)O)c1)NC(=O)OC1CCN2CCCCC12. The quantitative estimate of drug-likeness (QED) is 0.248. The van der Waals surface area contributed by atoms with Gasteiger partial charge in [-0.25, -0.2) is 19.2 Å². The minimum absolute atomic E-state index is 0.0317.